The lowest BCUT2D eigenvalue weighted by molar-refractivity contribution is 0.568. The van der Waals surface area contributed by atoms with Crippen LogP contribution < -0.4 is 14.5 Å². The van der Waals surface area contributed by atoms with Crippen LogP contribution in [0.3, 0.4) is 0 Å². The van der Waals surface area contributed by atoms with E-state index in [4.69, 9.17) is 11.6 Å². The third kappa shape index (κ3) is 4.41. The van der Waals surface area contributed by atoms with Crippen molar-refractivity contribution in [3.05, 3.63) is 35.2 Å². The van der Waals surface area contributed by atoms with Gasteiger partial charge in [-0.2, -0.15) is 4.98 Å². The third-order valence-electron chi connectivity index (χ3n) is 4.26. The Morgan fingerprint density at radius 2 is 1.93 bits per heavy atom. The van der Waals surface area contributed by atoms with Gasteiger partial charge in [-0.25, -0.2) is 17.8 Å². The number of sulfonamides is 1. The summed E-state index contributed by atoms with van der Waals surface area (Å²) >= 11 is 5.71. The first-order valence-corrected chi connectivity index (χ1v) is 10.4. The summed E-state index contributed by atoms with van der Waals surface area (Å²) < 4.78 is 41.1. The van der Waals surface area contributed by atoms with E-state index in [0.717, 1.165) is 44.1 Å². The number of hydrogen-bond acceptors (Lipinski definition) is 6. The summed E-state index contributed by atoms with van der Waals surface area (Å²) in [5.74, 6) is 0.340. The Morgan fingerprint density at radius 3 is 2.56 bits per heavy atom. The predicted molar refractivity (Wildman–Crippen MR) is 105 cm³/mol. The average Bonchev–Trinajstić information content (AvgIpc) is 2.64. The van der Waals surface area contributed by atoms with Crippen LogP contribution in [-0.4, -0.2) is 45.6 Å². The van der Waals surface area contributed by atoms with Crippen molar-refractivity contribution in [3.8, 4) is 0 Å². The topological polar surface area (TPSA) is 78.4 Å². The monoisotopic (exact) mass is 413 g/mol. The molecule has 0 unspecified atom stereocenters. The molecule has 1 aliphatic heterocycles. The SMILES string of the molecule is CN(C)c1nc(N2CCCCC2)ncc1NS(=O)(=O)c1ccc(F)c(Cl)c1. The molecular formula is C17H21ClFN5O2S. The molecule has 1 aromatic carbocycles. The zero-order valence-corrected chi connectivity index (χ0v) is 16.7. The molecule has 3 rings (SSSR count). The molecule has 27 heavy (non-hydrogen) atoms. The van der Waals surface area contributed by atoms with E-state index in [-0.39, 0.29) is 15.6 Å². The standard InChI is InChI=1S/C17H21ClFN5O2S/c1-23(2)16-15(11-20-17(21-16)24-8-4-3-5-9-24)22-27(25,26)12-6-7-14(19)13(18)10-12/h6-7,10-11,22H,3-5,8-9H2,1-2H3. The number of hydrogen-bond donors (Lipinski definition) is 1. The number of piperidine rings is 1. The third-order valence-corrected chi connectivity index (χ3v) is 5.92. The minimum Gasteiger partial charge on any atom is -0.361 e. The molecule has 1 fully saturated rings. The van der Waals surface area contributed by atoms with Gasteiger partial charge >= 0.3 is 0 Å². The number of benzene rings is 1. The first kappa shape index (κ1) is 19.6. The Hall–Kier alpha value is -2.13. The Balaban J connectivity index is 1.92. The molecule has 0 radical (unpaired) electrons. The predicted octanol–water partition coefficient (Wildman–Crippen LogP) is 3.13. The lowest BCUT2D eigenvalue weighted by Crippen LogP contribution is -2.31. The van der Waals surface area contributed by atoms with Crippen molar-refractivity contribution < 1.29 is 12.8 Å². The van der Waals surface area contributed by atoms with Gasteiger partial charge in [0.05, 0.1) is 16.1 Å². The molecule has 0 aliphatic carbocycles. The summed E-state index contributed by atoms with van der Waals surface area (Å²) in [7, 11) is -0.422. The van der Waals surface area contributed by atoms with Gasteiger partial charge in [-0.1, -0.05) is 11.6 Å². The van der Waals surface area contributed by atoms with Gasteiger partial charge in [0.25, 0.3) is 10.0 Å². The van der Waals surface area contributed by atoms with E-state index in [2.05, 4.69) is 19.6 Å². The van der Waals surface area contributed by atoms with Gasteiger partial charge in [-0.3, -0.25) is 4.72 Å². The van der Waals surface area contributed by atoms with Crippen LogP contribution in [0.15, 0.2) is 29.3 Å². The quantitative estimate of drug-likeness (QED) is 0.811. The minimum atomic E-state index is -3.97. The molecular weight excluding hydrogens is 393 g/mol. The number of nitrogens with one attached hydrogen (secondary N) is 1. The highest BCUT2D eigenvalue weighted by molar-refractivity contribution is 7.92. The van der Waals surface area contributed by atoms with Gasteiger partial charge < -0.3 is 9.80 Å². The van der Waals surface area contributed by atoms with Crippen molar-refractivity contribution >= 4 is 39.1 Å². The molecule has 0 spiro atoms. The van der Waals surface area contributed by atoms with Crippen LogP contribution in [0.25, 0.3) is 0 Å². The van der Waals surface area contributed by atoms with Crippen LogP contribution in [0.5, 0.6) is 0 Å². The van der Waals surface area contributed by atoms with Gasteiger partial charge in [0, 0.05) is 27.2 Å². The molecule has 10 heteroatoms. The fourth-order valence-corrected chi connectivity index (χ4v) is 4.19. The molecule has 2 heterocycles. The maximum atomic E-state index is 13.3. The fraction of sp³-hybridized carbons (Fsp3) is 0.412. The first-order chi connectivity index (χ1) is 12.8. The lowest BCUT2D eigenvalue weighted by atomic mass is 10.1. The van der Waals surface area contributed by atoms with Crippen molar-refractivity contribution in [2.24, 2.45) is 0 Å². The number of halogens is 2. The van der Waals surface area contributed by atoms with Gasteiger partial charge in [0.15, 0.2) is 5.82 Å². The van der Waals surface area contributed by atoms with Crippen LogP contribution >= 0.6 is 11.6 Å². The molecule has 0 bridgehead atoms. The van der Waals surface area contributed by atoms with Crippen molar-refractivity contribution in [2.45, 2.75) is 24.2 Å². The van der Waals surface area contributed by atoms with E-state index >= 15 is 0 Å². The average molecular weight is 414 g/mol. The second-order valence-corrected chi connectivity index (χ2v) is 8.62. The maximum absolute atomic E-state index is 13.3. The van der Waals surface area contributed by atoms with Crippen LogP contribution in [0.4, 0.5) is 21.8 Å². The number of rotatable bonds is 5. The van der Waals surface area contributed by atoms with Gasteiger partial charge in [-0.15, -0.1) is 0 Å². The highest BCUT2D eigenvalue weighted by atomic mass is 35.5. The smallest absolute Gasteiger partial charge is 0.262 e. The summed E-state index contributed by atoms with van der Waals surface area (Å²) in [6.45, 7) is 1.76. The summed E-state index contributed by atoms with van der Waals surface area (Å²) in [5, 5.41) is -0.262. The molecule has 2 aromatic rings. The molecule has 1 aromatic heterocycles. The normalized spacial score (nSPS) is 14.9. The van der Waals surface area contributed by atoms with Gasteiger partial charge in [0.1, 0.15) is 11.5 Å². The van der Waals surface area contributed by atoms with Crippen LogP contribution in [0.1, 0.15) is 19.3 Å². The second-order valence-electron chi connectivity index (χ2n) is 6.53. The number of nitrogens with zero attached hydrogens (tertiary/aromatic N) is 4. The van der Waals surface area contributed by atoms with Crippen molar-refractivity contribution in [1.29, 1.82) is 0 Å². The lowest BCUT2D eigenvalue weighted by Gasteiger charge is -2.28. The van der Waals surface area contributed by atoms with Crippen LogP contribution in [0.2, 0.25) is 5.02 Å². The molecule has 146 valence electrons. The van der Waals surface area contributed by atoms with Crippen molar-refractivity contribution in [1.82, 2.24) is 9.97 Å². The molecule has 7 nitrogen and oxygen atoms in total. The summed E-state index contributed by atoms with van der Waals surface area (Å²) in [5.41, 5.74) is 0.237. The molecule has 1 saturated heterocycles. The van der Waals surface area contributed by atoms with Gasteiger partial charge in [0.2, 0.25) is 5.95 Å². The van der Waals surface area contributed by atoms with Crippen LogP contribution in [-0.2, 0) is 10.0 Å². The summed E-state index contributed by atoms with van der Waals surface area (Å²) in [4.78, 5) is 12.5. The molecule has 1 N–H and O–H groups in total. The van der Waals surface area contributed by atoms with Crippen molar-refractivity contribution in [3.63, 3.8) is 0 Å². The molecule has 1 aliphatic rings. The largest absolute Gasteiger partial charge is 0.361 e. The highest BCUT2D eigenvalue weighted by Gasteiger charge is 2.21. The minimum absolute atomic E-state index is 0.140. The zero-order chi connectivity index (χ0) is 19.6. The summed E-state index contributed by atoms with van der Waals surface area (Å²) in [6.07, 6.45) is 4.81. The fourth-order valence-electron chi connectivity index (χ4n) is 2.87. The van der Waals surface area contributed by atoms with E-state index < -0.39 is 15.8 Å². The summed E-state index contributed by atoms with van der Waals surface area (Å²) in [6, 6.07) is 3.24. The van der Waals surface area contributed by atoms with Crippen molar-refractivity contribution in [2.75, 3.05) is 41.7 Å². The Kier molecular flexibility index (Phi) is 5.71. The Labute approximate surface area is 163 Å². The van der Waals surface area contributed by atoms with Crippen LogP contribution in [0, 0.1) is 5.82 Å². The van der Waals surface area contributed by atoms with E-state index in [0.29, 0.717) is 11.8 Å². The van der Waals surface area contributed by atoms with E-state index in [1.165, 1.54) is 12.6 Å². The molecule has 0 amide bonds. The second kappa shape index (κ2) is 7.85. The van der Waals surface area contributed by atoms with Gasteiger partial charge in [-0.05, 0) is 37.5 Å². The van der Waals surface area contributed by atoms with E-state index in [9.17, 15) is 12.8 Å². The van der Waals surface area contributed by atoms with E-state index in [1.807, 2.05) is 0 Å². The first-order valence-electron chi connectivity index (χ1n) is 8.55. The van der Waals surface area contributed by atoms with E-state index in [1.54, 1.807) is 19.0 Å². The highest BCUT2D eigenvalue weighted by Crippen LogP contribution is 2.28. The molecule has 0 atom stereocenters. The number of anilines is 3. The Bertz CT molecular complexity index is 933. The zero-order valence-electron chi connectivity index (χ0n) is 15.1. The maximum Gasteiger partial charge on any atom is 0.262 e. The Morgan fingerprint density at radius 1 is 1.22 bits per heavy atom. The molecule has 0 saturated carbocycles. The number of aromatic nitrogens is 2.